The molecule has 1 fully saturated rings. The van der Waals surface area contributed by atoms with Crippen LogP contribution < -0.4 is 0 Å². The van der Waals surface area contributed by atoms with Crippen LogP contribution in [0.3, 0.4) is 0 Å². The fraction of sp³-hybridized carbons (Fsp3) is 0.571. The van der Waals surface area contributed by atoms with Crippen LogP contribution >= 0.6 is 0 Å². The average molecular weight is 235 g/mol. The molecule has 1 aromatic carbocycles. The highest BCUT2D eigenvalue weighted by atomic mass is 16.3. The number of hydrogen-bond donors (Lipinski definition) is 2. The topological polar surface area (TPSA) is 43.7 Å². The Labute approximate surface area is 103 Å². The number of hydrogen-bond acceptors (Lipinski definition) is 3. The van der Waals surface area contributed by atoms with Gasteiger partial charge in [0.25, 0.3) is 0 Å². The monoisotopic (exact) mass is 235 g/mol. The van der Waals surface area contributed by atoms with Gasteiger partial charge in [0.05, 0.1) is 12.2 Å². The van der Waals surface area contributed by atoms with Gasteiger partial charge in [-0.2, -0.15) is 0 Å². The number of aliphatic hydroxyl groups is 2. The van der Waals surface area contributed by atoms with E-state index in [9.17, 15) is 10.2 Å². The van der Waals surface area contributed by atoms with Gasteiger partial charge in [-0.15, -0.1) is 0 Å². The highest BCUT2D eigenvalue weighted by Crippen LogP contribution is 2.20. The van der Waals surface area contributed by atoms with E-state index in [1.165, 1.54) is 0 Å². The van der Waals surface area contributed by atoms with E-state index >= 15 is 0 Å². The second kappa shape index (κ2) is 5.63. The molecule has 0 saturated carbocycles. The van der Waals surface area contributed by atoms with Crippen molar-refractivity contribution in [1.82, 2.24) is 4.90 Å². The number of rotatable bonds is 3. The Bertz CT molecular complexity index is 341. The molecule has 3 unspecified atom stereocenters. The van der Waals surface area contributed by atoms with Gasteiger partial charge >= 0.3 is 0 Å². The number of aliphatic hydroxyl groups excluding tert-OH is 2. The summed E-state index contributed by atoms with van der Waals surface area (Å²) >= 11 is 0. The zero-order valence-corrected chi connectivity index (χ0v) is 10.3. The number of likely N-dealkylation sites (tertiary alicyclic amines) is 1. The molecule has 3 nitrogen and oxygen atoms in total. The summed E-state index contributed by atoms with van der Waals surface area (Å²) in [6.07, 6.45) is 0.196. The normalized spacial score (nSPS) is 27.9. The number of nitrogens with zero attached hydrogens (tertiary/aromatic N) is 1. The summed E-state index contributed by atoms with van der Waals surface area (Å²) in [6, 6.07) is 9.75. The summed E-state index contributed by atoms with van der Waals surface area (Å²) in [5.74, 6) is 0.298. The molecule has 17 heavy (non-hydrogen) atoms. The molecule has 3 atom stereocenters. The van der Waals surface area contributed by atoms with E-state index in [4.69, 9.17) is 0 Å². The van der Waals surface area contributed by atoms with Crippen LogP contribution in [0.5, 0.6) is 0 Å². The lowest BCUT2D eigenvalue weighted by atomic mass is 9.96. The lowest BCUT2D eigenvalue weighted by Crippen LogP contribution is -2.43. The van der Waals surface area contributed by atoms with Gasteiger partial charge < -0.3 is 10.2 Å². The van der Waals surface area contributed by atoms with Crippen LogP contribution in [0.25, 0.3) is 0 Å². The van der Waals surface area contributed by atoms with Crippen molar-refractivity contribution in [3.8, 4) is 0 Å². The van der Waals surface area contributed by atoms with E-state index in [2.05, 4.69) is 11.8 Å². The largest absolute Gasteiger partial charge is 0.393 e. The highest BCUT2D eigenvalue weighted by Gasteiger charge is 2.25. The molecule has 0 bridgehead atoms. The highest BCUT2D eigenvalue weighted by molar-refractivity contribution is 5.17. The molecule has 1 heterocycles. The van der Waals surface area contributed by atoms with Gasteiger partial charge in [0.2, 0.25) is 0 Å². The van der Waals surface area contributed by atoms with E-state index in [0.717, 1.165) is 25.1 Å². The standard InChI is InChI=1S/C14H21NO2/c1-11-9-15(8-7-13(11)16)10-14(17)12-5-3-2-4-6-12/h2-6,11,13-14,16-17H,7-10H2,1H3. The maximum atomic E-state index is 10.1. The second-order valence-electron chi connectivity index (χ2n) is 5.02. The van der Waals surface area contributed by atoms with Crippen molar-refractivity contribution in [1.29, 1.82) is 0 Å². The van der Waals surface area contributed by atoms with Gasteiger partial charge in [-0.25, -0.2) is 0 Å². The van der Waals surface area contributed by atoms with Gasteiger partial charge in [-0.05, 0) is 17.9 Å². The van der Waals surface area contributed by atoms with Gasteiger partial charge in [-0.3, -0.25) is 4.90 Å². The van der Waals surface area contributed by atoms with Crippen molar-refractivity contribution in [3.05, 3.63) is 35.9 Å². The molecule has 0 radical (unpaired) electrons. The van der Waals surface area contributed by atoms with Crippen LogP contribution in [-0.4, -0.2) is 40.9 Å². The Morgan fingerprint density at radius 3 is 2.71 bits per heavy atom. The zero-order valence-electron chi connectivity index (χ0n) is 10.3. The van der Waals surface area contributed by atoms with Crippen LogP contribution in [0, 0.1) is 5.92 Å². The smallest absolute Gasteiger partial charge is 0.0916 e. The lowest BCUT2D eigenvalue weighted by molar-refractivity contribution is 0.0147. The first kappa shape index (κ1) is 12.6. The van der Waals surface area contributed by atoms with E-state index < -0.39 is 6.10 Å². The van der Waals surface area contributed by atoms with Crippen molar-refractivity contribution in [2.75, 3.05) is 19.6 Å². The molecule has 2 rings (SSSR count). The molecule has 2 N–H and O–H groups in total. The molecule has 1 saturated heterocycles. The first-order valence-electron chi connectivity index (χ1n) is 6.30. The van der Waals surface area contributed by atoms with Crippen molar-refractivity contribution in [3.63, 3.8) is 0 Å². The summed E-state index contributed by atoms with van der Waals surface area (Å²) < 4.78 is 0. The molecule has 0 aliphatic carbocycles. The Balaban J connectivity index is 1.89. The minimum Gasteiger partial charge on any atom is -0.393 e. The molecule has 0 amide bonds. The van der Waals surface area contributed by atoms with Crippen LogP contribution in [0.2, 0.25) is 0 Å². The Kier molecular flexibility index (Phi) is 4.15. The third-order valence-corrected chi connectivity index (χ3v) is 3.56. The molecule has 1 aliphatic rings. The number of β-amino-alcohol motifs (C(OH)–C–C–N with tert-alkyl or cyclic N) is 1. The summed E-state index contributed by atoms with van der Waals surface area (Å²) in [5, 5.41) is 19.8. The fourth-order valence-corrected chi connectivity index (χ4v) is 2.41. The van der Waals surface area contributed by atoms with Crippen LogP contribution in [0.4, 0.5) is 0 Å². The SMILES string of the molecule is CC1CN(CC(O)c2ccccc2)CCC1O. The van der Waals surface area contributed by atoms with Crippen molar-refractivity contribution >= 4 is 0 Å². The average Bonchev–Trinajstić information content (AvgIpc) is 2.35. The molecular formula is C14H21NO2. The molecule has 0 spiro atoms. The third kappa shape index (κ3) is 3.28. The van der Waals surface area contributed by atoms with Crippen molar-refractivity contribution in [2.45, 2.75) is 25.6 Å². The predicted molar refractivity (Wildman–Crippen MR) is 67.6 cm³/mol. The molecule has 94 valence electrons. The number of piperidine rings is 1. The van der Waals surface area contributed by atoms with E-state index in [0.29, 0.717) is 12.5 Å². The fourth-order valence-electron chi connectivity index (χ4n) is 2.41. The third-order valence-electron chi connectivity index (χ3n) is 3.56. The molecule has 1 aromatic rings. The zero-order chi connectivity index (χ0) is 12.3. The van der Waals surface area contributed by atoms with E-state index in [1.54, 1.807) is 0 Å². The lowest BCUT2D eigenvalue weighted by Gasteiger charge is -2.35. The van der Waals surface area contributed by atoms with Crippen molar-refractivity contribution in [2.24, 2.45) is 5.92 Å². The summed E-state index contributed by atoms with van der Waals surface area (Å²) in [5.41, 5.74) is 0.964. The number of benzene rings is 1. The molecular weight excluding hydrogens is 214 g/mol. The minimum atomic E-state index is -0.432. The molecule has 3 heteroatoms. The maximum Gasteiger partial charge on any atom is 0.0916 e. The summed E-state index contributed by atoms with van der Waals surface area (Å²) in [7, 11) is 0. The second-order valence-corrected chi connectivity index (χ2v) is 5.02. The van der Waals surface area contributed by atoms with E-state index in [1.807, 2.05) is 30.3 Å². The quantitative estimate of drug-likeness (QED) is 0.833. The van der Waals surface area contributed by atoms with Crippen LogP contribution in [0.15, 0.2) is 30.3 Å². The summed E-state index contributed by atoms with van der Waals surface area (Å²) in [4.78, 5) is 2.23. The van der Waals surface area contributed by atoms with E-state index in [-0.39, 0.29) is 6.10 Å². The van der Waals surface area contributed by atoms with Gasteiger partial charge in [0.15, 0.2) is 0 Å². The Hall–Kier alpha value is -0.900. The van der Waals surface area contributed by atoms with Crippen LogP contribution in [-0.2, 0) is 0 Å². The van der Waals surface area contributed by atoms with Crippen LogP contribution in [0.1, 0.15) is 25.0 Å². The molecule has 1 aliphatic heterocycles. The first-order chi connectivity index (χ1) is 8.16. The first-order valence-corrected chi connectivity index (χ1v) is 6.30. The van der Waals surface area contributed by atoms with Gasteiger partial charge in [-0.1, -0.05) is 37.3 Å². The minimum absolute atomic E-state index is 0.180. The van der Waals surface area contributed by atoms with Crippen molar-refractivity contribution < 1.29 is 10.2 Å². The van der Waals surface area contributed by atoms with Gasteiger partial charge in [0, 0.05) is 19.6 Å². The predicted octanol–water partition coefficient (Wildman–Crippen LogP) is 1.42. The Morgan fingerprint density at radius 1 is 1.35 bits per heavy atom. The summed E-state index contributed by atoms with van der Waals surface area (Å²) in [6.45, 7) is 4.45. The molecule has 0 aromatic heterocycles. The Morgan fingerprint density at radius 2 is 2.06 bits per heavy atom. The van der Waals surface area contributed by atoms with Gasteiger partial charge in [0.1, 0.15) is 0 Å². The maximum absolute atomic E-state index is 10.1.